The number of nitrogens with zero attached hydrogens (tertiary/aromatic N) is 2. The summed E-state index contributed by atoms with van der Waals surface area (Å²) >= 11 is 0. The molecule has 1 saturated carbocycles. The number of phenolic OH excluding ortho intramolecular Hbond substituents is 1. The summed E-state index contributed by atoms with van der Waals surface area (Å²) in [6.07, 6.45) is 2.26. The Balaban J connectivity index is 1.89. The van der Waals surface area contributed by atoms with E-state index in [1.165, 1.54) is 18.1 Å². The van der Waals surface area contributed by atoms with Crippen molar-refractivity contribution in [3.63, 3.8) is 0 Å². The zero-order valence-electron chi connectivity index (χ0n) is 23.7. The van der Waals surface area contributed by atoms with Crippen LogP contribution in [0.2, 0.25) is 0 Å². The highest BCUT2D eigenvalue weighted by Gasteiger charge is 2.64. The molecular weight excluding hydrogens is 518 g/mol. The number of primary amides is 1. The van der Waals surface area contributed by atoms with Gasteiger partial charge in [-0.25, -0.2) is 0 Å². The molecule has 1 aromatic carbocycles. The first-order valence-corrected chi connectivity index (χ1v) is 13.6. The molecule has 1 aromatic rings. The Labute approximate surface area is 233 Å². The number of aromatic hydroxyl groups is 1. The molecule has 0 radical (unpaired) electrons. The van der Waals surface area contributed by atoms with E-state index in [0.29, 0.717) is 17.9 Å². The lowest BCUT2D eigenvalue weighted by Crippen LogP contribution is -2.65. The summed E-state index contributed by atoms with van der Waals surface area (Å²) in [7, 11) is 4.65. The third-order valence-corrected chi connectivity index (χ3v) is 8.62. The van der Waals surface area contributed by atoms with Gasteiger partial charge in [-0.15, -0.1) is 0 Å². The molecule has 4 rings (SSSR count). The quantitative estimate of drug-likeness (QED) is 0.281. The fourth-order valence-corrected chi connectivity index (χ4v) is 6.70. The molecule has 6 N–H and O–H groups in total. The minimum absolute atomic E-state index is 0.0218. The number of phenols is 1. The van der Waals surface area contributed by atoms with E-state index in [4.69, 9.17) is 10.5 Å². The summed E-state index contributed by atoms with van der Waals surface area (Å²) in [6, 6.07) is 0.383. The van der Waals surface area contributed by atoms with Crippen LogP contribution in [0.4, 0.5) is 0 Å². The molecule has 218 valence electrons. The number of hydrogen-bond acceptors (Lipinski definition) is 10. The smallest absolute Gasteiger partial charge is 0.255 e. The highest BCUT2D eigenvalue weighted by Crippen LogP contribution is 2.54. The van der Waals surface area contributed by atoms with Gasteiger partial charge in [0.1, 0.15) is 28.6 Å². The number of hydrogen-bond donors (Lipinski definition) is 5. The van der Waals surface area contributed by atoms with Gasteiger partial charge in [-0.2, -0.15) is 0 Å². The van der Waals surface area contributed by atoms with Crippen molar-refractivity contribution in [3.05, 3.63) is 39.7 Å². The van der Waals surface area contributed by atoms with Gasteiger partial charge in [0.2, 0.25) is 5.78 Å². The zero-order valence-corrected chi connectivity index (χ0v) is 23.7. The molecule has 3 aliphatic rings. The van der Waals surface area contributed by atoms with Crippen LogP contribution in [-0.4, -0.2) is 93.6 Å². The van der Waals surface area contributed by atoms with Crippen LogP contribution in [0, 0.1) is 11.8 Å². The summed E-state index contributed by atoms with van der Waals surface area (Å²) in [4.78, 5) is 43.0. The minimum atomic E-state index is -2.66. The molecule has 0 aromatic heterocycles. The van der Waals surface area contributed by atoms with Crippen LogP contribution in [0.15, 0.2) is 23.0 Å². The number of carbonyl (C=O) groups is 3. The fourth-order valence-electron chi connectivity index (χ4n) is 6.70. The lowest BCUT2D eigenvalue weighted by molar-refractivity contribution is -0.153. The van der Waals surface area contributed by atoms with Crippen LogP contribution in [-0.2, 0) is 27.3 Å². The number of fused-ring (bicyclic) bond motifs is 3. The molecule has 1 fully saturated rings. The number of ketones is 2. The largest absolute Gasteiger partial charge is 0.508 e. The molecule has 3 aliphatic carbocycles. The molecular formula is C29H39N3O8. The molecule has 0 aliphatic heterocycles. The number of nitrogens with two attached hydrogens (primary N) is 1. The van der Waals surface area contributed by atoms with E-state index in [2.05, 4.69) is 18.7 Å². The molecule has 11 nitrogen and oxygen atoms in total. The summed E-state index contributed by atoms with van der Waals surface area (Å²) in [5.74, 6) is -6.26. The minimum Gasteiger partial charge on any atom is -0.508 e. The average molecular weight is 558 g/mol. The Morgan fingerprint density at radius 2 is 1.88 bits per heavy atom. The fraction of sp³-hybridized carbons (Fsp3) is 0.552. The third kappa shape index (κ3) is 4.36. The van der Waals surface area contributed by atoms with Crippen LogP contribution in [0.5, 0.6) is 11.5 Å². The van der Waals surface area contributed by atoms with Gasteiger partial charge < -0.3 is 30.9 Å². The second kappa shape index (κ2) is 10.9. The van der Waals surface area contributed by atoms with E-state index >= 15 is 0 Å². The van der Waals surface area contributed by atoms with Crippen molar-refractivity contribution in [1.29, 1.82) is 0 Å². The standard InChI is InChI=1S/C29H39N3O8/c1-6-8-9-32(7-2)13-15-12-18(33)20-16(25(15)40-5)10-14-11-17-22(31(3)4)24(35)21(28(30)38)27(37)29(17,39)26(36)19(14)23(20)34/h12,14,17,22,33-34,37,39H,6-11,13H2,1-5H3,(H2,30,38)/t14-,17-,22-,29-/m0/s1. The first kappa shape index (κ1) is 29.6. The lowest BCUT2D eigenvalue weighted by Gasteiger charge is -2.50. The van der Waals surface area contributed by atoms with Crippen molar-refractivity contribution < 1.29 is 39.5 Å². The number of aliphatic hydroxyl groups is 3. The Hall–Kier alpha value is -3.41. The first-order valence-electron chi connectivity index (χ1n) is 13.6. The number of benzene rings is 1. The Morgan fingerprint density at radius 3 is 2.42 bits per heavy atom. The van der Waals surface area contributed by atoms with Gasteiger partial charge in [0.25, 0.3) is 5.91 Å². The lowest BCUT2D eigenvalue weighted by atomic mass is 9.57. The third-order valence-electron chi connectivity index (χ3n) is 8.62. The summed E-state index contributed by atoms with van der Waals surface area (Å²) in [5.41, 5.74) is 2.96. The van der Waals surface area contributed by atoms with Crippen molar-refractivity contribution >= 4 is 23.2 Å². The van der Waals surface area contributed by atoms with Crippen LogP contribution in [0.25, 0.3) is 5.76 Å². The van der Waals surface area contributed by atoms with Crippen molar-refractivity contribution in [2.75, 3.05) is 34.3 Å². The van der Waals surface area contributed by atoms with E-state index in [1.54, 1.807) is 14.1 Å². The molecule has 1 amide bonds. The van der Waals surface area contributed by atoms with Crippen LogP contribution in [0.1, 0.15) is 49.8 Å². The van der Waals surface area contributed by atoms with Crippen molar-refractivity contribution in [3.8, 4) is 11.5 Å². The topological polar surface area (TPSA) is 174 Å². The van der Waals surface area contributed by atoms with Crippen LogP contribution < -0.4 is 10.5 Å². The molecule has 11 heteroatoms. The number of carbonyl (C=O) groups excluding carboxylic acids is 3. The van der Waals surface area contributed by atoms with E-state index in [-0.39, 0.29) is 29.7 Å². The zero-order chi connectivity index (χ0) is 29.7. The number of methoxy groups -OCH3 is 1. The van der Waals surface area contributed by atoms with Gasteiger partial charge in [0, 0.05) is 29.2 Å². The number of rotatable bonds is 9. The second-order valence-electron chi connectivity index (χ2n) is 11.1. The van der Waals surface area contributed by atoms with Crippen molar-refractivity contribution in [2.45, 2.75) is 57.7 Å². The van der Waals surface area contributed by atoms with E-state index in [1.807, 2.05) is 0 Å². The van der Waals surface area contributed by atoms with Crippen LogP contribution in [0.3, 0.4) is 0 Å². The predicted octanol–water partition coefficient (Wildman–Crippen LogP) is 1.59. The highest BCUT2D eigenvalue weighted by atomic mass is 16.5. The Kier molecular flexibility index (Phi) is 8.04. The van der Waals surface area contributed by atoms with E-state index in [0.717, 1.165) is 31.5 Å². The molecule has 0 unspecified atom stereocenters. The number of likely N-dealkylation sites (N-methyl/N-ethyl adjacent to an activating group) is 1. The van der Waals surface area contributed by atoms with Gasteiger partial charge in [-0.05, 0) is 58.4 Å². The van der Waals surface area contributed by atoms with Crippen molar-refractivity contribution in [1.82, 2.24) is 9.80 Å². The van der Waals surface area contributed by atoms with Gasteiger partial charge in [0.05, 0.1) is 18.7 Å². The number of aliphatic hydroxyl groups excluding tert-OH is 2. The summed E-state index contributed by atoms with van der Waals surface area (Å²) < 4.78 is 5.80. The monoisotopic (exact) mass is 557 g/mol. The molecule has 0 saturated heterocycles. The summed E-state index contributed by atoms with van der Waals surface area (Å²) in [5, 5.41) is 45.1. The normalized spacial score (nSPS) is 26.2. The SMILES string of the molecule is CCCCN(CC)Cc1cc(O)c2c(c1OC)C[C@H]1C[C@H]3[C@H](N(C)C)C(=O)C(C(N)=O)=C(O)[C@@]3(O)C(=O)C1=C2O. The van der Waals surface area contributed by atoms with Gasteiger partial charge >= 0.3 is 0 Å². The van der Waals surface area contributed by atoms with Gasteiger partial charge in [-0.3, -0.25) is 24.2 Å². The van der Waals surface area contributed by atoms with Gasteiger partial charge in [0.15, 0.2) is 11.4 Å². The molecule has 4 atom stereocenters. The first-order chi connectivity index (χ1) is 18.8. The van der Waals surface area contributed by atoms with Crippen molar-refractivity contribution in [2.24, 2.45) is 17.6 Å². The van der Waals surface area contributed by atoms with Crippen LogP contribution >= 0.6 is 0 Å². The van der Waals surface area contributed by atoms with E-state index < -0.39 is 58.0 Å². The second-order valence-corrected chi connectivity index (χ2v) is 11.1. The maximum Gasteiger partial charge on any atom is 0.255 e. The molecule has 40 heavy (non-hydrogen) atoms. The highest BCUT2D eigenvalue weighted by molar-refractivity contribution is 6.24. The molecule has 0 spiro atoms. The molecule has 0 heterocycles. The number of ether oxygens (including phenoxy) is 1. The predicted molar refractivity (Wildman–Crippen MR) is 147 cm³/mol. The Bertz CT molecular complexity index is 1320. The van der Waals surface area contributed by atoms with E-state index in [9.17, 15) is 34.8 Å². The average Bonchev–Trinajstić information content (AvgIpc) is 2.88. The number of amides is 1. The number of Topliss-reactive ketones (excluding diaryl/α,β-unsaturated/α-hetero) is 2. The number of unbranched alkanes of at least 4 members (excludes halogenated alkanes) is 1. The summed E-state index contributed by atoms with van der Waals surface area (Å²) in [6.45, 7) is 6.33. The molecule has 0 bridgehead atoms. The Morgan fingerprint density at radius 1 is 1.20 bits per heavy atom. The maximum atomic E-state index is 13.9. The van der Waals surface area contributed by atoms with Gasteiger partial charge in [-0.1, -0.05) is 20.3 Å². The maximum absolute atomic E-state index is 13.9.